The van der Waals surface area contributed by atoms with Gasteiger partial charge in [0.25, 0.3) is 0 Å². The molecule has 0 aliphatic carbocycles. The van der Waals surface area contributed by atoms with Gasteiger partial charge in [-0.3, -0.25) is 0 Å². The Bertz CT molecular complexity index is 366. The van der Waals surface area contributed by atoms with E-state index in [0.717, 1.165) is 12.8 Å². The van der Waals surface area contributed by atoms with Gasteiger partial charge in [0.05, 0.1) is 6.26 Å². The van der Waals surface area contributed by atoms with Gasteiger partial charge in [0, 0.05) is 12.1 Å². The van der Waals surface area contributed by atoms with Crippen molar-refractivity contribution in [2.75, 3.05) is 0 Å². The predicted molar refractivity (Wildman–Crippen MR) is 79.0 cm³/mol. The molecule has 0 bridgehead atoms. The number of hydrogen-bond donors (Lipinski definition) is 2. The molecule has 108 valence electrons. The van der Waals surface area contributed by atoms with Crippen LogP contribution in [-0.4, -0.2) is 17.2 Å². The van der Waals surface area contributed by atoms with Crippen molar-refractivity contribution in [2.45, 2.75) is 65.1 Å². The van der Waals surface area contributed by atoms with Gasteiger partial charge in [-0.1, -0.05) is 11.6 Å². The smallest absolute Gasteiger partial charge is 0.132 e. The first-order valence-corrected chi connectivity index (χ1v) is 7.10. The maximum atomic E-state index is 10.00. The van der Waals surface area contributed by atoms with Crippen LogP contribution in [-0.2, 0) is 0 Å². The molecule has 1 rings (SSSR count). The summed E-state index contributed by atoms with van der Waals surface area (Å²) in [5.74, 6) is 0.644. The first kappa shape index (κ1) is 16.0. The fraction of sp³-hybridized carbons (Fsp3) is 0.625. The maximum absolute atomic E-state index is 10.00. The molecule has 2 N–H and O–H groups in total. The number of rotatable bonds is 8. The normalized spacial score (nSPS) is 15.8. The van der Waals surface area contributed by atoms with Crippen LogP contribution >= 0.6 is 0 Å². The standard InChI is InChI=1S/C16H27NO2/c1-12(2)7-5-8-13(3)17-14(4)11-15(18)16-9-6-10-19-16/h6-7,9-10,13-15,17-18H,5,8,11H2,1-4H3. The van der Waals surface area contributed by atoms with Crippen LogP contribution in [0.3, 0.4) is 0 Å². The van der Waals surface area contributed by atoms with Gasteiger partial charge in [-0.2, -0.15) is 0 Å². The van der Waals surface area contributed by atoms with Crippen molar-refractivity contribution >= 4 is 0 Å². The first-order valence-electron chi connectivity index (χ1n) is 7.10. The van der Waals surface area contributed by atoms with Crippen molar-refractivity contribution in [2.24, 2.45) is 0 Å². The third kappa shape index (κ3) is 6.60. The molecule has 1 aromatic rings. The zero-order valence-electron chi connectivity index (χ0n) is 12.5. The molecule has 0 amide bonds. The lowest BCUT2D eigenvalue weighted by Crippen LogP contribution is -2.35. The Morgan fingerprint density at radius 3 is 2.68 bits per heavy atom. The Hall–Kier alpha value is -1.06. The minimum Gasteiger partial charge on any atom is -0.467 e. The Kier molecular flexibility index (Phi) is 6.89. The Labute approximate surface area is 116 Å². The van der Waals surface area contributed by atoms with Crippen LogP contribution in [0.15, 0.2) is 34.5 Å². The number of furan rings is 1. The molecule has 3 unspecified atom stereocenters. The Morgan fingerprint density at radius 2 is 2.11 bits per heavy atom. The van der Waals surface area contributed by atoms with E-state index in [2.05, 4.69) is 39.1 Å². The van der Waals surface area contributed by atoms with Crippen molar-refractivity contribution in [3.63, 3.8) is 0 Å². The third-order valence-electron chi connectivity index (χ3n) is 3.17. The third-order valence-corrected chi connectivity index (χ3v) is 3.17. The lowest BCUT2D eigenvalue weighted by molar-refractivity contribution is 0.127. The average Bonchev–Trinajstić information content (AvgIpc) is 2.81. The minimum absolute atomic E-state index is 0.266. The molecule has 3 nitrogen and oxygen atoms in total. The number of allylic oxidation sites excluding steroid dienone is 2. The Balaban J connectivity index is 2.26. The molecule has 3 heteroatoms. The Morgan fingerprint density at radius 1 is 1.37 bits per heavy atom. The van der Waals surface area contributed by atoms with E-state index in [9.17, 15) is 5.11 Å². The molecule has 19 heavy (non-hydrogen) atoms. The molecule has 1 heterocycles. The molecular weight excluding hydrogens is 238 g/mol. The van der Waals surface area contributed by atoms with Gasteiger partial charge in [-0.25, -0.2) is 0 Å². The minimum atomic E-state index is -0.525. The SMILES string of the molecule is CC(C)=CCCC(C)NC(C)CC(O)c1ccco1. The highest BCUT2D eigenvalue weighted by molar-refractivity contribution is 5.02. The van der Waals surface area contributed by atoms with Gasteiger partial charge in [0.2, 0.25) is 0 Å². The van der Waals surface area contributed by atoms with E-state index in [1.54, 1.807) is 12.3 Å². The van der Waals surface area contributed by atoms with E-state index in [1.807, 2.05) is 6.07 Å². The summed E-state index contributed by atoms with van der Waals surface area (Å²) >= 11 is 0. The second kappa shape index (κ2) is 8.18. The highest BCUT2D eigenvalue weighted by Gasteiger charge is 2.15. The van der Waals surface area contributed by atoms with Crippen molar-refractivity contribution in [1.29, 1.82) is 0 Å². The number of aliphatic hydroxyl groups excluding tert-OH is 1. The number of aliphatic hydroxyl groups is 1. The molecule has 0 spiro atoms. The summed E-state index contributed by atoms with van der Waals surface area (Å²) < 4.78 is 5.21. The van der Waals surface area contributed by atoms with E-state index >= 15 is 0 Å². The summed E-state index contributed by atoms with van der Waals surface area (Å²) in [5.41, 5.74) is 1.37. The van der Waals surface area contributed by atoms with Gasteiger partial charge >= 0.3 is 0 Å². The summed E-state index contributed by atoms with van der Waals surface area (Å²) in [4.78, 5) is 0. The van der Waals surface area contributed by atoms with Crippen LogP contribution in [0.5, 0.6) is 0 Å². The van der Waals surface area contributed by atoms with E-state index in [0.29, 0.717) is 18.2 Å². The van der Waals surface area contributed by atoms with Gasteiger partial charge in [-0.15, -0.1) is 0 Å². The fourth-order valence-corrected chi connectivity index (χ4v) is 2.19. The van der Waals surface area contributed by atoms with Gasteiger partial charge in [0.15, 0.2) is 0 Å². The summed E-state index contributed by atoms with van der Waals surface area (Å²) in [6, 6.07) is 4.34. The molecular formula is C16H27NO2. The van der Waals surface area contributed by atoms with Crippen molar-refractivity contribution in [1.82, 2.24) is 5.32 Å². The van der Waals surface area contributed by atoms with Crippen LogP contribution in [0.4, 0.5) is 0 Å². The second-order valence-corrected chi connectivity index (χ2v) is 5.59. The van der Waals surface area contributed by atoms with E-state index in [4.69, 9.17) is 4.42 Å². The van der Waals surface area contributed by atoms with Crippen LogP contribution < -0.4 is 5.32 Å². The highest BCUT2D eigenvalue weighted by atomic mass is 16.4. The molecule has 0 saturated heterocycles. The monoisotopic (exact) mass is 265 g/mol. The van der Waals surface area contributed by atoms with E-state index < -0.39 is 6.10 Å². The topological polar surface area (TPSA) is 45.4 Å². The molecule has 0 aromatic carbocycles. The zero-order valence-corrected chi connectivity index (χ0v) is 12.5. The predicted octanol–water partition coefficient (Wildman–Crippen LogP) is 3.82. The summed E-state index contributed by atoms with van der Waals surface area (Å²) in [6.07, 6.45) is 6.22. The first-order chi connectivity index (χ1) is 8.99. The zero-order chi connectivity index (χ0) is 14.3. The van der Waals surface area contributed by atoms with E-state index in [1.165, 1.54) is 5.57 Å². The summed E-state index contributed by atoms with van der Waals surface area (Å²) in [5, 5.41) is 13.5. The van der Waals surface area contributed by atoms with E-state index in [-0.39, 0.29) is 6.04 Å². The van der Waals surface area contributed by atoms with Gasteiger partial charge in [-0.05, 0) is 59.1 Å². The van der Waals surface area contributed by atoms with Crippen molar-refractivity contribution in [3.8, 4) is 0 Å². The second-order valence-electron chi connectivity index (χ2n) is 5.59. The largest absolute Gasteiger partial charge is 0.467 e. The van der Waals surface area contributed by atoms with Crippen LogP contribution in [0.25, 0.3) is 0 Å². The molecule has 0 fully saturated rings. The quantitative estimate of drug-likeness (QED) is 0.702. The van der Waals surface area contributed by atoms with Crippen LogP contribution in [0, 0.1) is 0 Å². The molecule has 0 radical (unpaired) electrons. The van der Waals surface area contributed by atoms with Crippen molar-refractivity contribution in [3.05, 3.63) is 35.8 Å². The number of nitrogens with one attached hydrogen (secondary N) is 1. The lowest BCUT2D eigenvalue weighted by atomic mass is 10.1. The highest BCUT2D eigenvalue weighted by Crippen LogP contribution is 2.18. The van der Waals surface area contributed by atoms with Gasteiger partial charge < -0.3 is 14.8 Å². The average molecular weight is 265 g/mol. The van der Waals surface area contributed by atoms with Crippen LogP contribution in [0.1, 0.15) is 58.8 Å². The molecule has 0 aliphatic rings. The molecule has 3 atom stereocenters. The molecule has 0 aliphatic heterocycles. The molecule has 1 aromatic heterocycles. The summed E-state index contributed by atoms with van der Waals surface area (Å²) in [6.45, 7) is 8.54. The maximum Gasteiger partial charge on any atom is 0.132 e. The molecule has 0 saturated carbocycles. The lowest BCUT2D eigenvalue weighted by Gasteiger charge is -2.21. The summed E-state index contributed by atoms with van der Waals surface area (Å²) in [7, 11) is 0. The van der Waals surface area contributed by atoms with Gasteiger partial charge in [0.1, 0.15) is 11.9 Å². The number of hydrogen-bond acceptors (Lipinski definition) is 3. The van der Waals surface area contributed by atoms with Crippen molar-refractivity contribution < 1.29 is 9.52 Å². The fourth-order valence-electron chi connectivity index (χ4n) is 2.19. The van der Waals surface area contributed by atoms with Crippen LogP contribution in [0.2, 0.25) is 0 Å².